The van der Waals surface area contributed by atoms with Crippen molar-refractivity contribution < 1.29 is 5.11 Å². The molecule has 122 valence electrons. The molecule has 0 spiro atoms. The standard InChI is InChI=1S/C17H28N4O/c1-3-18-17(19-9-10-22)20-16-11-14(2)21(13-16)12-15-7-5-4-6-8-15/h4-8,14,16,22H,3,9-13H2,1-2H3,(H2,18,19,20). The van der Waals surface area contributed by atoms with Gasteiger partial charge in [0.15, 0.2) is 5.96 Å². The molecule has 2 rings (SSSR count). The molecule has 2 atom stereocenters. The van der Waals surface area contributed by atoms with Gasteiger partial charge in [0.05, 0.1) is 13.2 Å². The summed E-state index contributed by atoms with van der Waals surface area (Å²) >= 11 is 0. The largest absolute Gasteiger partial charge is 0.394 e. The van der Waals surface area contributed by atoms with Crippen molar-refractivity contribution in [2.75, 3.05) is 26.2 Å². The van der Waals surface area contributed by atoms with Gasteiger partial charge in [0.25, 0.3) is 0 Å². The fourth-order valence-corrected chi connectivity index (χ4v) is 2.92. The molecule has 22 heavy (non-hydrogen) atoms. The number of hydrogen-bond donors (Lipinski definition) is 3. The van der Waals surface area contributed by atoms with E-state index < -0.39 is 0 Å². The van der Waals surface area contributed by atoms with E-state index in [-0.39, 0.29) is 6.61 Å². The summed E-state index contributed by atoms with van der Waals surface area (Å²) in [4.78, 5) is 6.86. The molecule has 0 amide bonds. The molecule has 0 saturated carbocycles. The van der Waals surface area contributed by atoms with Crippen molar-refractivity contribution in [1.29, 1.82) is 0 Å². The van der Waals surface area contributed by atoms with Gasteiger partial charge in [-0.05, 0) is 25.8 Å². The Kier molecular flexibility index (Phi) is 6.68. The van der Waals surface area contributed by atoms with E-state index >= 15 is 0 Å². The number of nitrogens with zero attached hydrogens (tertiary/aromatic N) is 2. The Balaban J connectivity index is 1.89. The fourth-order valence-electron chi connectivity index (χ4n) is 2.92. The van der Waals surface area contributed by atoms with E-state index in [4.69, 9.17) is 5.11 Å². The number of benzene rings is 1. The monoisotopic (exact) mass is 304 g/mol. The first-order chi connectivity index (χ1) is 10.7. The van der Waals surface area contributed by atoms with Crippen LogP contribution in [0.4, 0.5) is 0 Å². The van der Waals surface area contributed by atoms with Gasteiger partial charge in [-0.3, -0.25) is 9.89 Å². The van der Waals surface area contributed by atoms with E-state index in [0.29, 0.717) is 18.6 Å². The highest BCUT2D eigenvalue weighted by molar-refractivity contribution is 5.80. The molecule has 1 aromatic rings. The normalized spacial score (nSPS) is 22.8. The summed E-state index contributed by atoms with van der Waals surface area (Å²) < 4.78 is 0. The Hall–Kier alpha value is -1.59. The molecule has 5 heteroatoms. The van der Waals surface area contributed by atoms with E-state index in [1.165, 1.54) is 5.56 Å². The van der Waals surface area contributed by atoms with Crippen molar-refractivity contribution in [3.05, 3.63) is 35.9 Å². The van der Waals surface area contributed by atoms with Gasteiger partial charge in [-0.25, -0.2) is 0 Å². The summed E-state index contributed by atoms with van der Waals surface area (Å²) in [6.07, 6.45) is 1.11. The second-order valence-electron chi connectivity index (χ2n) is 5.83. The number of hydrogen-bond acceptors (Lipinski definition) is 3. The molecule has 1 saturated heterocycles. The maximum Gasteiger partial charge on any atom is 0.191 e. The highest BCUT2D eigenvalue weighted by Gasteiger charge is 2.29. The lowest BCUT2D eigenvalue weighted by atomic mass is 10.2. The van der Waals surface area contributed by atoms with Crippen LogP contribution in [0.5, 0.6) is 0 Å². The number of nitrogens with one attached hydrogen (secondary N) is 2. The third-order valence-corrected chi connectivity index (χ3v) is 3.99. The Bertz CT molecular complexity index is 463. The first-order valence-electron chi connectivity index (χ1n) is 8.16. The first kappa shape index (κ1) is 16.8. The SMILES string of the molecule is CCNC(=NCCO)NC1CC(C)N(Cc2ccccc2)C1. The van der Waals surface area contributed by atoms with E-state index in [1.54, 1.807) is 0 Å². The molecule has 0 radical (unpaired) electrons. The molecule has 0 aromatic heterocycles. The van der Waals surface area contributed by atoms with Crippen LogP contribution < -0.4 is 10.6 Å². The van der Waals surface area contributed by atoms with Gasteiger partial charge < -0.3 is 15.7 Å². The zero-order valence-corrected chi connectivity index (χ0v) is 13.6. The van der Waals surface area contributed by atoms with Crippen LogP contribution in [0.15, 0.2) is 35.3 Å². The highest BCUT2D eigenvalue weighted by Crippen LogP contribution is 2.20. The van der Waals surface area contributed by atoms with Crippen LogP contribution in [-0.2, 0) is 6.54 Å². The molecule has 1 heterocycles. The summed E-state index contributed by atoms with van der Waals surface area (Å²) in [6, 6.07) is 11.6. The van der Waals surface area contributed by atoms with Gasteiger partial charge in [0.1, 0.15) is 0 Å². The molecule has 0 aliphatic carbocycles. The zero-order valence-electron chi connectivity index (χ0n) is 13.6. The van der Waals surface area contributed by atoms with Crippen LogP contribution in [0, 0.1) is 0 Å². The third-order valence-electron chi connectivity index (χ3n) is 3.99. The molecular formula is C17H28N4O. The van der Waals surface area contributed by atoms with Crippen LogP contribution >= 0.6 is 0 Å². The predicted octanol–water partition coefficient (Wildman–Crippen LogP) is 1.20. The zero-order chi connectivity index (χ0) is 15.8. The average molecular weight is 304 g/mol. The lowest BCUT2D eigenvalue weighted by molar-refractivity contribution is 0.258. The molecule has 1 aliphatic rings. The van der Waals surface area contributed by atoms with Gasteiger partial charge in [0.2, 0.25) is 0 Å². The van der Waals surface area contributed by atoms with Crippen molar-refractivity contribution in [1.82, 2.24) is 15.5 Å². The quantitative estimate of drug-likeness (QED) is 0.546. The number of aliphatic imine (C=N–C) groups is 1. The molecule has 5 nitrogen and oxygen atoms in total. The third kappa shape index (κ3) is 5.00. The summed E-state index contributed by atoms with van der Waals surface area (Å²) in [5.74, 6) is 0.801. The summed E-state index contributed by atoms with van der Waals surface area (Å²) in [5, 5.41) is 15.6. The first-order valence-corrected chi connectivity index (χ1v) is 8.16. The van der Waals surface area contributed by atoms with Crippen LogP contribution in [0.2, 0.25) is 0 Å². The van der Waals surface area contributed by atoms with Gasteiger partial charge in [-0.15, -0.1) is 0 Å². The Morgan fingerprint density at radius 1 is 1.36 bits per heavy atom. The van der Waals surface area contributed by atoms with Crippen molar-refractivity contribution in [3.8, 4) is 0 Å². The van der Waals surface area contributed by atoms with Gasteiger partial charge in [-0.1, -0.05) is 30.3 Å². The predicted molar refractivity (Wildman–Crippen MR) is 90.9 cm³/mol. The summed E-state index contributed by atoms with van der Waals surface area (Å²) in [5.41, 5.74) is 1.36. The number of aliphatic hydroxyl groups is 1. The number of likely N-dealkylation sites (tertiary alicyclic amines) is 1. The maximum absolute atomic E-state index is 8.92. The van der Waals surface area contributed by atoms with Gasteiger partial charge in [0, 0.05) is 31.7 Å². The molecule has 0 bridgehead atoms. The van der Waals surface area contributed by atoms with Crippen LogP contribution in [0.3, 0.4) is 0 Å². The highest BCUT2D eigenvalue weighted by atomic mass is 16.3. The smallest absolute Gasteiger partial charge is 0.191 e. The summed E-state index contributed by atoms with van der Waals surface area (Å²) in [6.45, 7) is 7.68. The van der Waals surface area contributed by atoms with E-state index in [0.717, 1.165) is 32.0 Å². The minimum atomic E-state index is 0.0811. The fraction of sp³-hybridized carbons (Fsp3) is 0.588. The number of rotatable bonds is 6. The Labute approximate surface area is 133 Å². The van der Waals surface area contributed by atoms with Crippen LogP contribution in [0.1, 0.15) is 25.8 Å². The van der Waals surface area contributed by atoms with E-state index in [9.17, 15) is 0 Å². The lowest BCUT2D eigenvalue weighted by Gasteiger charge is -2.21. The Morgan fingerprint density at radius 2 is 2.14 bits per heavy atom. The molecule has 3 N–H and O–H groups in total. The number of aliphatic hydroxyl groups excluding tert-OH is 1. The Morgan fingerprint density at radius 3 is 2.82 bits per heavy atom. The number of guanidine groups is 1. The van der Waals surface area contributed by atoms with Crippen LogP contribution in [0.25, 0.3) is 0 Å². The van der Waals surface area contributed by atoms with Crippen molar-refractivity contribution >= 4 is 5.96 Å². The maximum atomic E-state index is 8.92. The van der Waals surface area contributed by atoms with E-state index in [2.05, 4.69) is 64.7 Å². The second-order valence-corrected chi connectivity index (χ2v) is 5.83. The lowest BCUT2D eigenvalue weighted by Crippen LogP contribution is -2.44. The van der Waals surface area contributed by atoms with Crippen molar-refractivity contribution in [2.45, 2.75) is 38.9 Å². The minimum Gasteiger partial charge on any atom is -0.394 e. The molecule has 1 aliphatic heterocycles. The topological polar surface area (TPSA) is 59.9 Å². The molecule has 1 aromatic carbocycles. The van der Waals surface area contributed by atoms with Crippen molar-refractivity contribution in [3.63, 3.8) is 0 Å². The summed E-state index contributed by atoms with van der Waals surface area (Å²) in [7, 11) is 0. The van der Waals surface area contributed by atoms with Gasteiger partial charge >= 0.3 is 0 Å². The minimum absolute atomic E-state index is 0.0811. The van der Waals surface area contributed by atoms with Crippen LogP contribution in [-0.4, -0.2) is 54.3 Å². The molecule has 1 fully saturated rings. The molecular weight excluding hydrogens is 276 g/mol. The van der Waals surface area contributed by atoms with E-state index in [1.807, 2.05) is 0 Å². The van der Waals surface area contributed by atoms with Gasteiger partial charge in [-0.2, -0.15) is 0 Å². The van der Waals surface area contributed by atoms with Crippen molar-refractivity contribution in [2.24, 2.45) is 4.99 Å². The molecule has 2 unspecified atom stereocenters. The average Bonchev–Trinajstić information content (AvgIpc) is 2.86. The second kappa shape index (κ2) is 8.76.